The fourth-order valence-corrected chi connectivity index (χ4v) is 1.92. The first-order chi connectivity index (χ1) is 9.24. The summed E-state index contributed by atoms with van der Waals surface area (Å²) in [5.41, 5.74) is 0. The molecule has 0 aliphatic carbocycles. The van der Waals surface area contributed by atoms with Gasteiger partial charge in [-0.3, -0.25) is 10.2 Å². The summed E-state index contributed by atoms with van der Waals surface area (Å²) < 4.78 is 10.1. The maximum Gasteiger partial charge on any atom is 0.320 e. The van der Waals surface area contributed by atoms with Crippen LogP contribution in [0.1, 0.15) is 12.2 Å². The van der Waals surface area contributed by atoms with Crippen molar-refractivity contribution in [2.75, 3.05) is 44.7 Å². The lowest BCUT2D eigenvalue weighted by Gasteiger charge is -2.26. The number of urea groups is 1. The second kappa shape index (κ2) is 7.10. The summed E-state index contributed by atoms with van der Waals surface area (Å²) in [7, 11) is 0. The van der Waals surface area contributed by atoms with E-state index >= 15 is 0 Å². The van der Waals surface area contributed by atoms with E-state index in [1.165, 1.54) is 0 Å². The van der Waals surface area contributed by atoms with Gasteiger partial charge in [0, 0.05) is 25.7 Å². The minimum Gasteiger partial charge on any atom is -0.379 e. The SMILES string of the molecule is Cc1cc(NC(=O)NCCCN2CCOCC2)no1. The Morgan fingerprint density at radius 1 is 1.47 bits per heavy atom. The molecule has 106 valence electrons. The molecule has 2 rings (SSSR count). The van der Waals surface area contributed by atoms with Gasteiger partial charge in [-0.2, -0.15) is 0 Å². The van der Waals surface area contributed by atoms with Crippen molar-refractivity contribution >= 4 is 11.8 Å². The topological polar surface area (TPSA) is 79.6 Å². The number of hydrogen-bond acceptors (Lipinski definition) is 5. The van der Waals surface area contributed by atoms with Crippen LogP contribution in [0.15, 0.2) is 10.6 Å². The number of nitrogens with zero attached hydrogens (tertiary/aromatic N) is 2. The van der Waals surface area contributed by atoms with Crippen molar-refractivity contribution in [3.8, 4) is 0 Å². The second-order valence-corrected chi connectivity index (χ2v) is 4.51. The molecule has 1 fully saturated rings. The molecule has 2 amide bonds. The molecule has 2 N–H and O–H groups in total. The van der Waals surface area contributed by atoms with Crippen LogP contribution in [0.3, 0.4) is 0 Å². The summed E-state index contributed by atoms with van der Waals surface area (Å²) in [6.45, 7) is 6.96. The maximum atomic E-state index is 11.5. The third-order valence-corrected chi connectivity index (χ3v) is 2.91. The van der Waals surface area contributed by atoms with Crippen molar-refractivity contribution in [3.63, 3.8) is 0 Å². The summed E-state index contributed by atoms with van der Waals surface area (Å²) in [6, 6.07) is 1.42. The van der Waals surface area contributed by atoms with Crippen molar-refractivity contribution in [1.29, 1.82) is 0 Å². The highest BCUT2D eigenvalue weighted by Gasteiger charge is 2.10. The Morgan fingerprint density at radius 3 is 2.95 bits per heavy atom. The molecule has 7 nitrogen and oxygen atoms in total. The summed E-state index contributed by atoms with van der Waals surface area (Å²) in [6.07, 6.45) is 0.922. The Morgan fingerprint density at radius 2 is 2.26 bits per heavy atom. The molecule has 0 radical (unpaired) electrons. The van der Waals surface area contributed by atoms with Gasteiger partial charge in [0.1, 0.15) is 5.76 Å². The molecule has 2 heterocycles. The number of carbonyl (C=O) groups is 1. The Hall–Kier alpha value is -1.60. The van der Waals surface area contributed by atoms with Gasteiger partial charge in [0.2, 0.25) is 0 Å². The number of carbonyl (C=O) groups excluding carboxylic acids is 1. The molecular weight excluding hydrogens is 248 g/mol. The monoisotopic (exact) mass is 268 g/mol. The van der Waals surface area contributed by atoms with E-state index in [1.54, 1.807) is 13.0 Å². The molecule has 0 atom stereocenters. The van der Waals surface area contributed by atoms with Gasteiger partial charge >= 0.3 is 6.03 Å². The number of nitrogens with one attached hydrogen (secondary N) is 2. The summed E-state index contributed by atoms with van der Waals surface area (Å²) in [5.74, 6) is 1.10. The third kappa shape index (κ3) is 4.88. The van der Waals surface area contributed by atoms with E-state index in [9.17, 15) is 4.79 Å². The van der Waals surface area contributed by atoms with Gasteiger partial charge in [0.25, 0.3) is 0 Å². The van der Waals surface area contributed by atoms with Crippen molar-refractivity contribution in [1.82, 2.24) is 15.4 Å². The van der Waals surface area contributed by atoms with Crippen molar-refractivity contribution < 1.29 is 14.1 Å². The number of anilines is 1. The molecule has 0 unspecified atom stereocenters. The smallest absolute Gasteiger partial charge is 0.320 e. The number of aromatic nitrogens is 1. The zero-order chi connectivity index (χ0) is 13.5. The van der Waals surface area contributed by atoms with Crippen molar-refractivity contribution in [2.45, 2.75) is 13.3 Å². The van der Waals surface area contributed by atoms with Gasteiger partial charge in [-0.15, -0.1) is 0 Å². The predicted molar refractivity (Wildman–Crippen MR) is 70.1 cm³/mol. The number of morpholine rings is 1. The first kappa shape index (κ1) is 13.8. The van der Waals surface area contributed by atoms with E-state index in [4.69, 9.17) is 9.26 Å². The van der Waals surface area contributed by atoms with E-state index in [-0.39, 0.29) is 6.03 Å². The predicted octanol–water partition coefficient (Wildman–Crippen LogP) is 0.827. The molecule has 0 saturated carbocycles. The first-order valence-corrected chi connectivity index (χ1v) is 6.52. The summed E-state index contributed by atoms with van der Waals surface area (Å²) in [5, 5.41) is 9.09. The number of hydrogen-bond donors (Lipinski definition) is 2. The summed E-state index contributed by atoms with van der Waals surface area (Å²) in [4.78, 5) is 13.9. The van der Waals surface area contributed by atoms with Crippen molar-refractivity contribution in [2.24, 2.45) is 0 Å². The lowest BCUT2D eigenvalue weighted by Crippen LogP contribution is -2.38. The molecule has 0 aromatic carbocycles. The van der Waals surface area contributed by atoms with Crippen LogP contribution in [0.2, 0.25) is 0 Å². The Labute approximate surface area is 112 Å². The molecule has 7 heteroatoms. The van der Waals surface area contributed by atoms with Crippen LogP contribution in [-0.4, -0.2) is 55.5 Å². The molecule has 1 aliphatic rings. The molecule has 1 aliphatic heterocycles. The van der Waals surface area contributed by atoms with Crippen LogP contribution >= 0.6 is 0 Å². The largest absolute Gasteiger partial charge is 0.379 e. The number of aryl methyl sites for hydroxylation is 1. The zero-order valence-corrected chi connectivity index (χ0v) is 11.1. The standard InChI is InChI=1S/C12H20N4O3/c1-10-9-11(15-19-10)14-12(17)13-3-2-4-16-5-7-18-8-6-16/h9H,2-8H2,1H3,(H2,13,14,15,17). The average Bonchev–Trinajstić information content (AvgIpc) is 2.81. The molecule has 1 aromatic heterocycles. The summed E-state index contributed by atoms with van der Waals surface area (Å²) >= 11 is 0. The Bertz CT molecular complexity index is 401. The van der Waals surface area contributed by atoms with Gasteiger partial charge in [-0.25, -0.2) is 4.79 Å². The lowest BCUT2D eigenvalue weighted by molar-refractivity contribution is 0.0375. The minimum absolute atomic E-state index is 0.254. The quantitative estimate of drug-likeness (QED) is 0.773. The maximum absolute atomic E-state index is 11.5. The first-order valence-electron chi connectivity index (χ1n) is 6.52. The van der Waals surface area contributed by atoms with Gasteiger partial charge in [-0.05, 0) is 19.9 Å². The number of rotatable bonds is 5. The molecule has 0 spiro atoms. The normalized spacial score (nSPS) is 16.3. The second-order valence-electron chi connectivity index (χ2n) is 4.51. The van der Waals surface area contributed by atoms with Crippen LogP contribution in [0.25, 0.3) is 0 Å². The molecule has 19 heavy (non-hydrogen) atoms. The molecule has 0 bridgehead atoms. The van der Waals surface area contributed by atoms with Crippen LogP contribution in [0.4, 0.5) is 10.6 Å². The number of amides is 2. The van der Waals surface area contributed by atoms with Gasteiger partial charge in [0.05, 0.1) is 13.2 Å². The van der Waals surface area contributed by atoms with E-state index in [0.29, 0.717) is 18.1 Å². The fourth-order valence-electron chi connectivity index (χ4n) is 1.92. The van der Waals surface area contributed by atoms with Gasteiger partial charge in [0.15, 0.2) is 5.82 Å². The number of ether oxygens (including phenoxy) is 1. The van der Waals surface area contributed by atoms with E-state index in [0.717, 1.165) is 39.3 Å². The highest BCUT2D eigenvalue weighted by Crippen LogP contribution is 2.06. The highest BCUT2D eigenvalue weighted by atomic mass is 16.5. The highest BCUT2D eigenvalue weighted by molar-refractivity contribution is 5.88. The van der Waals surface area contributed by atoms with E-state index < -0.39 is 0 Å². The molecule has 1 aromatic rings. The third-order valence-electron chi connectivity index (χ3n) is 2.91. The zero-order valence-electron chi connectivity index (χ0n) is 11.1. The lowest BCUT2D eigenvalue weighted by atomic mass is 10.3. The van der Waals surface area contributed by atoms with E-state index in [1.807, 2.05) is 0 Å². The Kier molecular flexibility index (Phi) is 5.17. The van der Waals surface area contributed by atoms with Crippen LogP contribution in [0, 0.1) is 6.92 Å². The average molecular weight is 268 g/mol. The molecular formula is C12H20N4O3. The minimum atomic E-state index is -0.254. The van der Waals surface area contributed by atoms with Gasteiger partial charge < -0.3 is 14.6 Å². The van der Waals surface area contributed by atoms with Crippen molar-refractivity contribution in [3.05, 3.63) is 11.8 Å². The van der Waals surface area contributed by atoms with E-state index in [2.05, 4.69) is 20.7 Å². The Balaban J connectivity index is 1.56. The fraction of sp³-hybridized carbons (Fsp3) is 0.667. The van der Waals surface area contributed by atoms with Gasteiger partial charge in [-0.1, -0.05) is 5.16 Å². The van der Waals surface area contributed by atoms with Crippen LogP contribution in [0.5, 0.6) is 0 Å². The molecule has 1 saturated heterocycles. The van der Waals surface area contributed by atoms with Crippen LogP contribution in [-0.2, 0) is 4.74 Å². The van der Waals surface area contributed by atoms with Crippen LogP contribution < -0.4 is 10.6 Å².